The van der Waals surface area contributed by atoms with E-state index in [1.807, 2.05) is 31.2 Å². The van der Waals surface area contributed by atoms with Gasteiger partial charge in [-0.1, -0.05) is 25.1 Å². The van der Waals surface area contributed by atoms with Crippen molar-refractivity contribution in [1.29, 1.82) is 0 Å². The lowest BCUT2D eigenvalue weighted by Gasteiger charge is -2.04. The largest absolute Gasteiger partial charge is 0.460 e. The summed E-state index contributed by atoms with van der Waals surface area (Å²) in [5.74, 6) is 0.522. The molecule has 0 bridgehead atoms. The highest BCUT2D eigenvalue weighted by molar-refractivity contribution is 5.96. The summed E-state index contributed by atoms with van der Waals surface area (Å²) in [6.45, 7) is 2.02. The molecular formula is C16H14FNO. The molecule has 0 saturated heterocycles. The Hall–Kier alpha value is -2.29. The molecule has 19 heavy (non-hydrogen) atoms. The standard InChI is InChI=1S/C16H14FNO/c1-2-14-16(10-7-11(17)9-12(18)8-10)13-5-3-4-6-15(13)19-14/h3-9H,2,18H2,1H3. The molecule has 0 atom stereocenters. The number of fused-ring (bicyclic) bond motifs is 1. The van der Waals surface area contributed by atoms with E-state index < -0.39 is 0 Å². The second-order valence-corrected chi connectivity index (χ2v) is 4.52. The molecule has 0 aliphatic heterocycles. The predicted octanol–water partition coefficient (Wildman–Crippen LogP) is 4.38. The average molecular weight is 255 g/mol. The highest BCUT2D eigenvalue weighted by Crippen LogP contribution is 2.36. The van der Waals surface area contributed by atoms with Crippen molar-refractivity contribution in [2.24, 2.45) is 0 Å². The van der Waals surface area contributed by atoms with Crippen LogP contribution in [-0.4, -0.2) is 0 Å². The minimum Gasteiger partial charge on any atom is -0.460 e. The molecule has 0 amide bonds. The lowest BCUT2D eigenvalue weighted by molar-refractivity contribution is 0.558. The molecule has 0 unspecified atom stereocenters. The van der Waals surface area contributed by atoms with Gasteiger partial charge in [0.25, 0.3) is 0 Å². The number of anilines is 1. The Balaban J connectivity index is 2.34. The monoisotopic (exact) mass is 255 g/mol. The molecule has 2 N–H and O–H groups in total. The maximum Gasteiger partial charge on any atom is 0.134 e. The van der Waals surface area contributed by atoms with E-state index in [-0.39, 0.29) is 5.82 Å². The molecule has 2 aromatic carbocycles. The maximum atomic E-state index is 13.5. The van der Waals surface area contributed by atoms with Crippen LogP contribution in [0.15, 0.2) is 46.9 Å². The van der Waals surface area contributed by atoms with Gasteiger partial charge in [-0.05, 0) is 29.8 Å². The van der Waals surface area contributed by atoms with Gasteiger partial charge < -0.3 is 10.2 Å². The first kappa shape index (κ1) is 11.8. The van der Waals surface area contributed by atoms with Crippen molar-refractivity contribution >= 4 is 16.7 Å². The summed E-state index contributed by atoms with van der Waals surface area (Å²) in [5.41, 5.74) is 8.66. The van der Waals surface area contributed by atoms with Crippen molar-refractivity contribution in [3.63, 3.8) is 0 Å². The Bertz CT molecular complexity index is 725. The van der Waals surface area contributed by atoms with Crippen LogP contribution < -0.4 is 5.73 Å². The fourth-order valence-corrected chi connectivity index (χ4v) is 2.42. The van der Waals surface area contributed by atoms with Crippen LogP contribution >= 0.6 is 0 Å². The van der Waals surface area contributed by atoms with Gasteiger partial charge in [0.1, 0.15) is 17.2 Å². The number of halogens is 1. The van der Waals surface area contributed by atoms with E-state index in [0.717, 1.165) is 34.3 Å². The minimum atomic E-state index is -0.331. The van der Waals surface area contributed by atoms with Gasteiger partial charge in [-0.25, -0.2) is 4.39 Å². The van der Waals surface area contributed by atoms with E-state index in [4.69, 9.17) is 10.2 Å². The van der Waals surface area contributed by atoms with Crippen molar-refractivity contribution in [3.05, 3.63) is 54.0 Å². The zero-order valence-electron chi connectivity index (χ0n) is 10.6. The zero-order chi connectivity index (χ0) is 13.4. The molecule has 0 aliphatic rings. The number of nitrogens with two attached hydrogens (primary N) is 1. The number of nitrogen functional groups attached to an aromatic ring is 1. The van der Waals surface area contributed by atoms with Gasteiger partial charge in [0.05, 0.1) is 0 Å². The molecule has 0 saturated carbocycles. The molecule has 1 heterocycles. The summed E-state index contributed by atoms with van der Waals surface area (Å²) in [6, 6.07) is 12.4. The van der Waals surface area contributed by atoms with E-state index in [1.54, 1.807) is 6.07 Å². The summed E-state index contributed by atoms with van der Waals surface area (Å²) < 4.78 is 19.4. The molecule has 96 valence electrons. The smallest absolute Gasteiger partial charge is 0.134 e. The number of hydrogen-bond acceptors (Lipinski definition) is 2. The fraction of sp³-hybridized carbons (Fsp3) is 0.125. The number of para-hydroxylation sites is 1. The molecule has 0 spiro atoms. The van der Waals surface area contributed by atoms with E-state index >= 15 is 0 Å². The molecule has 3 heteroatoms. The van der Waals surface area contributed by atoms with Gasteiger partial charge in [0.15, 0.2) is 0 Å². The average Bonchev–Trinajstić information content (AvgIpc) is 2.75. The van der Waals surface area contributed by atoms with Crippen LogP contribution in [0.2, 0.25) is 0 Å². The van der Waals surface area contributed by atoms with Crippen LogP contribution in [0.1, 0.15) is 12.7 Å². The number of furan rings is 1. The number of benzene rings is 2. The fourth-order valence-electron chi connectivity index (χ4n) is 2.42. The van der Waals surface area contributed by atoms with Crippen molar-refractivity contribution in [2.45, 2.75) is 13.3 Å². The highest BCUT2D eigenvalue weighted by atomic mass is 19.1. The minimum absolute atomic E-state index is 0.331. The van der Waals surface area contributed by atoms with Gasteiger partial charge >= 0.3 is 0 Å². The first-order valence-electron chi connectivity index (χ1n) is 6.26. The third-order valence-corrected chi connectivity index (χ3v) is 3.20. The Kier molecular flexibility index (Phi) is 2.75. The van der Waals surface area contributed by atoms with E-state index in [0.29, 0.717) is 5.69 Å². The normalized spacial score (nSPS) is 11.1. The molecule has 0 aliphatic carbocycles. The van der Waals surface area contributed by atoms with Gasteiger partial charge in [0.2, 0.25) is 0 Å². The van der Waals surface area contributed by atoms with Gasteiger partial charge in [-0.15, -0.1) is 0 Å². The number of aryl methyl sites for hydroxylation is 1. The third kappa shape index (κ3) is 1.97. The quantitative estimate of drug-likeness (QED) is 0.690. The first-order chi connectivity index (χ1) is 9.19. The van der Waals surface area contributed by atoms with Crippen molar-refractivity contribution in [2.75, 3.05) is 5.73 Å². The Morgan fingerprint density at radius 1 is 1.16 bits per heavy atom. The lowest BCUT2D eigenvalue weighted by Crippen LogP contribution is -1.90. The maximum absolute atomic E-state index is 13.5. The van der Waals surface area contributed by atoms with Crippen LogP contribution in [0, 0.1) is 5.82 Å². The molecule has 0 fully saturated rings. The van der Waals surface area contributed by atoms with Crippen LogP contribution in [0.3, 0.4) is 0 Å². The Morgan fingerprint density at radius 3 is 2.68 bits per heavy atom. The van der Waals surface area contributed by atoms with E-state index in [9.17, 15) is 4.39 Å². The van der Waals surface area contributed by atoms with Crippen LogP contribution in [0.5, 0.6) is 0 Å². The van der Waals surface area contributed by atoms with Crippen molar-refractivity contribution in [3.8, 4) is 11.1 Å². The topological polar surface area (TPSA) is 39.2 Å². The second kappa shape index (κ2) is 4.43. The first-order valence-corrected chi connectivity index (χ1v) is 6.26. The summed E-state index contributed by atoms with van der Waals surface area (Å²) in [4.78, 5) is 0. The second-order valence-electron chi connectivity index (χ2n) is 4.52. The molecule has 1 aromatic heterocycles. The van der Waals surface area contributed by atoms with Crippen molar-refractivity contribution < 1.29 is 8.81 Å². The third-order valence-electron chi connectivity index (χ3n) is 3.20. The van der Waals surface area contributed by atoms with E-state index in [2.05, 4.69) is 0 Å². The van der Waals surface area contributed by atoms with Gasteiger partial charge in [-0.3, -0.25) is 0 Å². The highest BCUT2D eigenvalue weighted by Gasteiger charge is 2.15. The molecule has 0 radical (unpaired) electrons. The van der Waals surface area contributed by atoms with Gasteiger partial charge in [0, 0.05) is 23.1 Å². The molecule has 3 rings (SSSR count). The number of rotatable bonds is 2. The molecular weight excluding hydrogens is 241 g/mol. The van der Waals surface area contributed by atoms with Crippen molar-refractivity contribution in [1.82, 2.24) is 0 Å². The Labute approximate surface area is 110 Å². The van der Waals surface area contributed by atoms with Crippen LogP contribution in [0.25, 0.3) is 22.1 Å². The zero-order valence-corrected chi connectivity index (χ0v) is 10.6. The Morgan fingerprint density at radius 2 is 1.95 bits per heavy atom. The van der Waals surface area contributed by atoms with Crippen LogP contribution in [-0.2, 0) is 6.42 Å². The number of hydrogen-bond donors (Lipinski definition) is 1. The lowest BCUT2D eigenvalue weighted by atomic mass is 10.0. The summed E-state index contributed by atoms with van der Waals surface area (Å²) >= 11 is 0. The molecule has 3 aromatic rings. The summed E-state index contributed by atoms with van der Waals surface area (Å²) in [5, 5.41) is 0.990. The van der Waals surface area contributed by atoms with Gasteiger partial charge in [-0.2, -0.15) is 0 Å². The van der Waals surface area contributed by atoms with Crippen LogP contribution in [0.4, 0.5) is 10.1 Å². The SMILES string of the molecule is CCc1oc2ccccc2c1-c1cc(N)cc(F)c1. The molecule has 2 nitrogen and oxygen atoms in total. The summed E-state index contributed by atoms with van der Waals surface area (Å²) in [6.07, 6.45) is 0.750. The summed E-state index contributed by atoms with van der Waals surface area (Å²) in [7, 11) is 0. The predicted molar refractivity (Wildman–Crippen MR) is 75.4 cm³/mol. The van der Waals surface area contributed by atoms with E-state index in [1.165, 1.54) is 12.1 Å².